The lowest BCUT2D eigenvalue weighted by atomic mass is 10.2. The van der Waals surface area contributed by atoms with Crippen LogP contribution in [0.25, 0.3) is 0 Å². The molecule has 8 heteroatoms. The van der Waals surface area contributed by atoms with Crippen molar-refractivity contribution in [2.45, 2.75) is 24.9 Å². The summed E-state index contributed by atoms with van der Waals surface area (Å²) >= 11 is 0. The van der Waals surface area contributed by atoms with Gasteiger partial charge in [0.2, 0.25) is 0 Å². The monoisotopic (exact) mass is 236 g/mol. The Kier molecular flexibility index (Phi) is 4.92. The highest BCUT2D eigenvalue weighted by Gasteiger charge is 2.56. The van der Waals surface area contributed by atoms with E-state index in [1.165, 1.54) is 0 Å². The number of aliphatic carboxylic acids is 1. The summed E-state index contributed by atoms with van der Waals surface area (Å²) in [5, 5.41) is 8.05. The van der Waals surface area contributed by atoms with Gasteiger partial charge in [0.1, 0.15) is 6.61 Å². The van der Waals surface area contributed by atoms with Crippen LogP contribution in [0.3, 0.4) is 0 Å². The van der Waals surface area contributed by atoms with E-state index in [4.69, 9.17) is 5.11 Å². The van der Waals surface area contributed by atoms with Crippen molar-refractivity contribution < 1.29 is 36.6 Å². The smallest absolute Gasteiger partial charge is 0.453 e. The predicted molar refractivity (Wildman–Crippen MR) is 38.7 cm³/mol. The number of hydrogen-bond donors (Lipinski definition) is 1. The quantitative estimate of drug-likeness (QED) is 0.567. The molecule has 0 amide bonds. The van der Waals surface area contributed by atoms with Gasteiger partial charge < -0.3 is 9.84 Å². The molecule has 0 aromatic rings. The van der Waals surface area contributed by atoms with Gasteiger partial charge in [-0.2, -0.15) is 22.0 Å². The Morgan fingerprint density at radius 1 is 1.20 bits per heavy atom. The summed E-state index contributed by atoms with van der Waals surface area (Å²) < 4.78 is 63.5. The zero-order valence-electron chi connectivity index (χ0n) is 7.48. The van der Waals surface area contributed by atoms with Crippen molar-refractivity contribution in [3.05, 3.63) is 0 Å². The maximum atomic E-state index is 12.2. The van der Waals surface area contributed by atoms with E-state index in [-0.39, 0.29) is 0 Å². The minimum atomic E-state index is -5.57. The average molecular weight is 236 g/mol. The SMILES string of the molecule is O=C(O)COCCCC(F)(F)C(F)(F)F. The first-order chi connectivity index (χ1) is 6.67. The van der Waals surface area contributed by atoms with Crippen LogP contribution in [-0.2, 0) is 9.53 Å². The first-order valence-corrected chi connectivity index (χ1v) is 3.91. The van der Waals surface area contributed by atoms with Crippen LogP contribution in [0.2, 0.25) is 0 Å². The minimum absolute atomic E-state index is 0.446. The molecule has 0 saturated carbocycles. The van der Waals surface area contributed by atoms with E-state index in [1.807, 2.05) is 0 Å². The van der Waals surface area contributed by atoms with Crippen molar-refractivity contribution in [1.82, 2.24) is 0 Å². The molecular weight excluding hydrogens is 227 g/mol. The molecule has 0 aromatic carbocycles. The Balaban J connectivity index is 3.72. The molecule has 0 spiro atoms. The molecule has 0 aliphatic carbocycles. The highest BCUT2D eigenvalue weighted by atomic mass is 19.4. The summed E-state index contributed by atoms with van der Waals surface area (Å²) in [5.74, 6) is -6.06. The third kappa shape index (κ3) is 5.50. The van der Waals surface area contributed by atoms with E-state index in [0.717, 1.165) is 0 Å². The second-order valence-corrected chi connectivity index (χ2v) is 2.75. The maximum absolute atomic E-state index is 12.2. The molecule has 0 heterocycles. The Hall–Kier alpha value is -0.920. The maximum Gasteiger partial charge on any atom is 0.453 e. The van der Waals surface area contributed by atoms with Crippen LogP contribution in [0.4, 0.5) is 22.0 Å². The van der Waals surface area contributed by atoms with E-state index in [2.05, 4.69) is 4.74 Å². The summed E-state index contributed by atoms with van der Waals surface area (Å²) in [6.45, 7) is -1.16. The van der Waals surface area contributed by atoms with Gasteiger partial charge in [-0.25, -0.2) is 4.79 Å². The van der Waals surface area contributed by atoms with Gasteiger partial charge in [0.25, 0.3) is 0 Å². The molecule has 0 bridgehead atoms. The normalized spacial score (nSPS) is 12.9. The van der Waals surface area contributed by atoms with Gasteiger partial charge in [-0.1, -0.05) is 0 Å². The zero-order valence-corrected chi connectivity index (χ0v) is 7.48. The standard InChI is InChI=1S/C7H9F5O3/c8-6(9,7(10,11)12)2-1-3-15-4-5(13)14/h1-4H2,(H,13,14). The molecule has 0 aromatic heterocycles. The van der Waals surface area contributed by atoms with Gasteiger partial charge in [0, 0.05) is 13.0 Å². The van der Waals surface area contributed by atoms with E-state index >= 15 is 0 Å². The Morgan fingerprint density at radius 3 is 2.13 bits per heavy atom. The van der Waals surface area contributed by atoms with Crippen molar-refractivity contribution in [2.24, 2.45) is 0 Å². The van der Waals surface area contributed by atoms with Gasteiger partial charge in [-0.15, -0.1) is 0 Å². The molecule has 0 fully saturated rings. The number of halogens is 5. The number of carboxylic acid groups (broad SMARTS) is 1. The van der Waals surface area contributed by atoms with Crippen LogP contribution >= 0.6 is 0 Å². The summed E-state index contributed by atoms with van der Waals surface area (Å²) in [6, 6.07) is 0. The summed E-state index contributed by atoms with van der Waals surface area (Å²) in [6.07, 6.45) is -7.53. The molecule has 15 heavy (non-hydrogen) atoms. The van der Waals surface area contributed by atoms with Gasteiger partial charge in [-0.3, -0.25) is 0 Å². The Morgan fingerprint density at radius 2 is 1.73 bits per heavy atom. The molecule has 0 aliphatic heterocycles. The number of ether oxygens (including phenoxy) is 1. The number of carboxylic acids is 1. The fourth-order valence-electron chi connectivity index (χ4n) is 0.697. The molecule has 1 N–H and O–H groups in total. The van der Waals surface area contributed by atoms with Gasteiger partial charge in [0.05, 0.1) is 0 Å². The highest BCUT2D eigenvalue weighted by Crippen LogP contribution is 2.38. The van der Waals surface area contributed by atoms with Gasteiger partial charge >= 0.3 is 18.1 Å². The number of alkyl halides is 5. The zero-order chi connectivity index (χ0) is 12.1. The first kappa shape index (κ1) is 14.1. The summed E-state index contributed by atoms with van der Waals surface area (Å²) in [4.78, 5) is 9.87. The third-order valence-electron chi connectivity index (χ3n) is 1.42. The lowest BCUT2D eigenvalue weighted by Gasteiger charge is -2.18. The molecule has 0 radical (unpaired) electrons. The minimum Gasteiger partial charge on any atom is -0.480 e. The van der Waals surface area contributed by atoms with Crippen molar-refractivity contribution in [2.75, 3.05) is 13.2 Å². The van der Waals surface area contributed by atoms with Crippen LogP contribution in [0.1, 0.15) is 12.8 Å². The Labute approximate surface area is 81.8 Å². The van der Waals surface area contributed by atoms with Crippen molar-refractivity contribution in [1.29, 1.82) is 0 Å². The van der Waals surface area contributed by atoms with Crippen molar-refractivity contribution >= 4 is 5.97 Å². The second kappa shape index (κ2) is 5.24. The predicted octanol–water partition coefficient (Wildman–Crippen LogP) is 2.07. The van der Waals surface area contributed by atoms with E-state index < -0.39 is 44.1 Å². The fraction of sp³-hybridized carbons (Fsp3) is 0.857. The molecular formula is C7H9F5O3. The van der Waals surface area contributed by atoms with Crippen molar-refractivity contribution in [3.8, 4) is 0 Å². The lowest BCUT2D eigenvalue weighted by molar-refractivity contribution is -0.285. The van der Waals surface area contributed by atoms with Gasteiger partial charge in [0.15, 0.2) is 0 Å². The van der Waals surface area contributed by atoms with E-state index in [1.54, 1.807) is 0 Å². The van der Waals surface area contributed by atoms with Crippen LogP contribution in [-0.4, -0.2) is 36.4 Å². The van der Waals surface area contributed by atoms with Gasteiger partial charge in [-0.05, 0) is 6.42 Å². The topological polar surface area (TPSA) is 46.5 Å². The first-order valence-electron chi connectivity index (χ1n) is 3.91. The van der Waals surface area contributed by atoms with E-state index in [9.17, 15) is 26.7 Å². The number of rotatable bonds is 6. The average Bonchev–Trinajstić information content (AvgIpc) is 2.00. The fourth-order valence-corrected chi connectivity index (χ4v) is 0.697. The van der Waals surface area contributed by atoms with Crippen LogP contribution < -0.4 is 0 Å². The van der Waals surface area contributed by atoms with Crippen LogP contribution in [0, 0.1) is 0 Å². The summed E-state index contributed by atoms with van der Waals surface area (Å²) in [5.41, 5.74) is 0. The van der Waals surface area contributed by atoms with Crippen molar-refractivity contribution in [3.63, 3.8) is 0 Å². The lowest BCUT2D eigenvalue weighted by Crippen LogP contribution is -2.36. The molecule has 90 valence electrons. The largest absolute Gasteiger partial charge is 0.480 e. The molecule has 0 unspecified atom stereocenters. The molecule has 3 nitrogen and oxygen atoms in total. The molecule has 0 rings (SSSR count). The second-order valence-electron chi connectivity index (χ2n) is 2.75. The molecule has 0 atom stereocenters. The van der Waals surface area contributed by atoms with Crippen LogP contribution in [0.15, 0.2) is 0 Å². The third-order valence-corrected chi connectivity index (χ3v) is 1.42. The Bertz CT molecular complexity index is 213. The highest BCUT2D eigenvalue weighted by molar-refractivity contribution is 5.67. The molecule has 0 aliphatic rings. The number of hydrogen-bond acceptors (Lipinski definition) is 2. The number of carbonyl (C=O) groups is 1. The van der Waals surface area contributed by atoms with Crippen LogP contribution in [0.5, 0.6) is 0 Å². The van der Waals surface area contributed by atoms with E-state index in [0.29, 0.717) is 0 Å². The molecule has 0 saturated heterocycles. The summed E-state index contributed by atoms with van der Waals surface area (Å²) in [7, 11) is 0.